The van der Waals surface area contributed by atoms with Crippen molar-refractivity contribution in [1.29, 1.82) is 0 Å². The van der Waals surface area contributed by atoms with Crippen LogP contribution >= 0.6 is 0 Å². The molecule has 0 aromatic carbocycles. The third-order valence-electron chi connectivity index (χ3n) is 2.50. The van der Waals surface area contributed by atoms with Crippen molar-refractivity contribution in [2.75, 3.05) is 13.2 Å². The van der Waals surface area contributed by atoms with E-state index in [4.69, 9.17) is 0 Å². The molecule has 0 spiro atoms. The van der Waals surface area contributed by atoms with Gasteiger partial charge in [-0.2, -0.15) is 0 Å². The molecule has 1 aromatic rings. The standard InChI is InChI=1S/C11H12N4O8/c1-2-23-10(17)3-12-9(16)6-13-4-7(14(19)20)11(18)8(5-13)15(21)22/h4-5H,2-3,6H2,1H3,(H,12,16). The minimum Gasteiger partial charge on any atom is -0.465 e. The molecule has 1 amide bonds. The summed E-state index contributed by atoms with van der Waals surface area (Å²) in [5.41, 5.74) is -3.42. The van der Waals surface area contributed by atoms with Gasteiger partial charge in [0.25, 0.3) is 0 Å². The molecule has 0 unspecified atom stereocenters. The van der Waals surface area contributed by atoms with E-state index in [0.717, 1.165) is 4.57 Å². The van der Waals surface area contributed by atoms with Crippen molar-refractivity contribution in [2.45, 2.75) is 13.5 Å². The summed E-state index contributed by atoms with van der Waals surface area (Å²) in [6.45, 7) is 0.740. The number of ether oxygens (including phenoxy) is 1. The van der Waals surface area contributed by atoms with Crippen molar-refractivity contribution in [1.82, 2.24) is 9.88 Å². The fourth-order valence-corrected chi connectivity index (χ4v) is 1.56. The lowest BCUT2D eigenvalue weighted by Crippen LogP contribution is -2.33. The number of carbonyl (C=O) groups excluding carboxylic acids is 2. The van der Waals surface area contributed by atoms with Crippen molar-refractivity contribution in [3.8, 4) is 0 Å². The molecule has 0 bridgehead atoms. The first-order valence-electron chi connectivity index (χ1n) is 6.21. The number of hydrogen-bond donors (Lipinski definition) is 1. The maximum absolute atomic E-state index is 11.6. The second kappa shape index (κ2) is 7.63. The number of pyridine rings is 1. The monoisotopic (exact) mass is 328 g/mol. The van der Waals surface area contributed by atoms with Crippen molar-refractivity contribution in [3.63, 3.8) is 0 Å². The lowest BCUT2D eigenvalue weighted by atomic mass is 10.3. The maximum atomic E-state index is 11.6. The SMILES string of the molecule is CCOC(=O)CNC(=O)Cn1cc([N+](=O)[O-])c(=O)c([N+](=O)[O-])c1. The Morgan fingerprint density at radius 3 is 2.17 bits per heavy atom. The van der Waals surface area contributed by atoms with Gasteiger partial charge >= 0.3 is 22.8 Å². The second-order valence-electron chi connectivity index (χ2n) is 4.13. The molecular weight excluding hydrogens is 316 g/mol. The lowest BCUT2D eigenvalue weighted by molar-refractivity contribution is -0.397. The molecule has 0 aliphatic carbocycles. The van der Waals surface area contributed by atoms with E-state index in [0.29, 0.717) is 12.4 Å². The van der Waals surface area contributed by atoms with Crippen LogP contribution in [0.4, 0.5) is 11.4 Å². The third kappa shape index (κ3) is 4.87. The normalized spacial score (nSPS) is 9.96. The Labute approximate surface area is 128 Å². The van der Waals surface area contributed by atoms with Gasteiger partial charge in [-0.1, -0.05) is 0 Å². The molecular formula is C11H12N4O8. The highest BCUT2D eigenvalue weighted by molar-refractivity contribution is 5.81. The zero-order valence-corrected chi connectivity index (χ0v) is 11.9. The molecule has 124 valence electrons. The number of esters is 1. The maximum Gasteiger partial charge on any atom is 0.339 e. The van der Waals surface area contributed by atoms with Crippen molar-refractivity contribution < 1.29 is 24.2 Å². The average Bonchev–Trinajstić information content (AvgIpc) is 2.46. The zero-order valence-electron chi connectivity index (χ0n) is 11.9. The van der Waals surface area contributed by atoms with Crippen molar-refractivity contribution >= 4 is 23.3 Å². The van der Waals surface area contributed by atoms with Gasteiger partial charge in [-0.25, -0.2) is 0 Å². The van der Waals surface area contributed by atoms with E-state index in [2.05, 4.69) is 10.1 Å². The number of hydrogen-bond acceptors (Lipinski definition) is 8. The van der Waals surface area contributed by atoms with Crippen LogP contribution in [0.2, 0.25) is 0 Å². The Bertz CT molecular complexity index is 672. The molecule has 1 heterocycles. The number of rotatable bonds is 7. The molecule has 0 aliphatic rings. The van der Waals surface area contributed by atoms with Gasteiger partial charge in [0, 0.05) is 0 Å². The molecule has 0 saturated heterocycles. The molecule has 0 saturated carbocycles. The van der Waals surface area contributed by atoms with E-state index in [1.807, 2.05) is 0 Å². The Morgan fingerprint density at radius 2 is 1.74 bits per heavy atom. The highest BCUT2D eigenvalue weighted by atomic mass is 16.6. The summed E-state index contributed by atoms with van der Waals surface area (Å²) < 4.78 is 5.40. The van der Waals surface area contributed by atoms with Crippen LogP contribution in [-0.4, -0.2) is 39.4 Å². The van der Waals surface area contributed by atoms with E-state index in [-0.39, 0.29) is 6.61 Å². The topological polar surface area (TPSA) is 164 Å². The number of aromatic nitrogens is 1. The van der Waals surface area contributed by atoms with Gasteiger partial charge in [-0.3, -0.25) is 34.6 Å². The quantitative estimate of drug-likeness (QED) is 0.391. The molecule has 0 atom stereocenters. The van der Waals surface area contributed by atoms with Crippen LogP contribution in [0, 0.1) is 20.2 Å². The fourth-order valence-electron chi connectivity index (χ4n) is 1.56. The van der Waals surface area contributed by atoms with Gasteiger partial charge in [0.15, 0.2) is 0 Å². The summed E-state index contributed by atoms with van der Waals surface area (Å²) >= 11 is 0. The van der Waals surface area contributed by atoms with Crippen LogP contribution in [0.15, 0.2) is 17.2 Å². The van der Waals surface area contributed by atoms with Crippen molar-refractivity contribution in [3.05, 3.63) is 42.8 Å². The smallest absolute Gasteiger partial charge is 0.339 e. The molecule has 0 aliphatic heterocycles. The molecule has 1 rings (SSSR count). The van der Waals surface area contributed by atoms with Gasteiger partial charge in [0.2, 0.25) is 5.91 Å². The first-order chi connectivity index (χ1) is 10.8. The highest BCUT2D eigenvalue weighted by Gasteiger charge is 2.24. The minimum atomic E-state index is -1.36. The summed E-state index contributed by atoms with van der Waals surface area (Å²) in [7, 11) is 0. The van der Waals surface area contributed by atoms with Gasteiger partial charge in [0.05, 0.1) is 28.8 Å². The number of nitrogens with zero attached hydrogens (tertiary/aromatic N) is 3. The van der Waals surface area contributed by atoms with Gasteiger partial charge in [-0.15, -0.1) is 0 Å². The summed E-state index contributed by atoms with van der Waals surface area (Å²) in [5, 5.41) is 23.6. The Balaban J connectivity index is 2.94. The fraction of sp³-hybridized carbons (Fsp3) is 0.364. The van der Waals surface area contributed by atoms with E-state index >= 15 is 0 Å². The summed E-state index contributed by atoms with van der Waals surface area (Å²) in [6.07, 6.45) is 1.42. The van der Waals surface area contributed by atoms with Crippen LogP contribution < -0.4 is 10.7 Å². The molecule has 23 heavy (non-hydrogen) atoms. The molecule has 0 fully saturated rings. The van der Waals surface area contributed by atoms with E-state index < -0.39 is 51.6 Å². The molecule has 1 aromatic heterocycles. The summed E-state index contributed by atoms with van der Waals surface area (Å²) in [6, 6.07) is 0. The van der Waals surface area contributed by atoms with Gasteiger partial charge in [0.1, 0.15) is 13.1 Å². The lowest BCUT2D eigenvalue weighted by Gasteiger charge is -2.07. The van der Waals surface area contributed by atoms with Crippen LogP contribution in [0.1, 0.15) is 6.92 Å². The first kappa shape index (κ1) is 17.7. The van der Waals surface area contributed by atoms with Crippen LogP contribution in [-0.2, 0) is 20.9 Å². The van der Waals surface area contributed by atoms with Crippen LogP contribution in [0.3, 0.4) is 0 Å². The second-order valence-corrected chi connectivity index (χ2v) is 4.13. The van der Waals surface area contributed by atoms with Gasteiger partial charge in [-0.05, 0) is 6.92 Å². The van der Waals surface area contributed by atoms with Gasteiger partial charge < -0.3 is 14.6 Å². The molecule has 0 radical (unpaired) electrons. The number of amides is 1. The number of nitro groups is 2. The van der Waals surface area contributed by atoms with E-state index in [1.165, 1.54) is 0 Å². The highest BCUT2D eigenvalue weighted by Crippen LogP contribution is 2.11. The molecule has 12 heteroatoms. The van der Waals surface area contributed by atoms with Crippen LogP contribution in [0.5, 0.6) is 0 Å². The predicted octanol–water partition coefficient (Wildman–Crippen LogP) is -0.656. The van der Waals surface area contributed by atoms with E-state index in [1.54, 1.807) is 6.92 Å². The Kier molecular flexibility index (Phi) is 5.88. The largest absolute Gasteiger partial charge is 0.465 e. The summed E-state index contributed by atoms with van der Waals surface area (Å²) in [5.74, 6) is -1.43. The summed E-state index contributed by atoms with van der Waals surface area (Å²) in [4.78, 5) is 53.5. The molecule has 12 nitrogen and oxygen atoms in total. The zero-order chi connectivity index (χ0) is 17.6. The Hall–Kier alpha value is -3.31. The Morgan fingerprint density at radius 1 is 1.22 bits per heavy atom. The predicted molar refractivity (Wildman–Crippen MR) is 73.7 cm³/mol. The molecule has 1 N–H and O–H groups in total. The minimum absolute atomic E-state index is 0.132. The number of carbonyl (C=O) groups is 2. The van der Waals surface area contributed by atoms with Crippen molar-refractivity contribution in [2.24, 2.45) is 0 Å². The third-order valence-corrected chi connectivity index (χ3v) is 2.50. The first-order valence-corrected chi connectivity index (χ1v) is 6.21. The van der Waals surface area contributed by atoms with Crippen LogP contribution in [0.25, 0.3) is 0 Å². The average molecular weight is 328 g/mol. The van der Waals surface area contributed by atoms with E-state index in [9.17, 15) is 34.6 Å². The number of nitrogens with one attached hydrogen (secondary N) is 1.